The highest BCUT2D eigenvalue weighted by Crippen LogP contribution is 2.44. The molecule has 0 spiro atoms. The van der Waals surface area contributed by atoms with Gasteiger partial charge in [-0.1, -0.05) is 36.7 Å². The first kappa shape index (κ1) is 22.8. The molecule has 0 saturated carbocycles. The Morgan fingerprint density at radius 3 is 2.19 bits per heavy atom. The van der Waals surface area contributed by atoms with Crippen molar-refractivity contribution >= 4 is 28.6 Å². The summed E-state index contributed by atoms with van der Waals surface area (Å²) in [5, 5.41) is 4.54. The molecule has 1 aromatic heterocycles. The van der Waals surface area contributed by atoms with E-state index in [1.807, 2.05) is 0 Å². The third-order valence-electron chi connectivity index (χ3n) is 2.96. The molecule has 0 aromatic carbocycles. The highest BCUT2D eigenvalue weighted by atomic mass is 35.5. The molecule has 1 rings (SSSR count). The number of alkyl halides is 6. The first-order valence-corrected chi connectivity index (χ1v) is 7.65. The molecule has 27 heavy (non-hydrogen) atoms. The molecule has 1 aromatic rings. The lowest BCUT2D eigenvalue weighted by atomic mass is 10.2. The van der Waals surface area contributed by atoms with Crippen LogP contribution in [0.1, 0.15) is 19.5 Å². The van der Waals surface area contributed by atoms with Crippen LogP contribution in [-0.2, 0) is 4.84 Å². The van der Waals surface area contributed by atoms with E-state index >= 15 is 0 Å². The van der Waals surface area contributed by atoms with E-state index in [0.29, 0.717) is 5.69 Å². The quantitative estimate of drug-likeness (QED) is 0.317. The van der Waals surface area contributed by atoms with Gasteiger partial charge in [-0.2, -0.15) is 26.3 Å². The van der Waals surface area contributed by atoms with E-state index in [2.05, 4.69) is 15.0 Å². The van der Waals surface area contributed by atoms with Crippen LogP contribution in [0.3, 0.4) is 0 Å². The van der Waals surface area contributed by atoms with E-state index in [-0.39, 0.29) is 5.82 Å². The van der Waals surface area contributed by atoms with Gasteiger partial charge in [0.05, 0.1) is 0 Å². The summed E-state index contributed by atoms with van der Waals surface area (Å²) < 4.78 is 79.6. The zero-order valence-corrected chi connectivity index (χ0v) is 14.9. The van der Waals surface area contributed by atoms with Gasteiger partial charge in [0.15, 0.2) is 0 Å². The minimum atomic E-state index is -6.11. The van der Waals surface area contributed by atoms with Gasteiger partial charge in [-0.05, 0) is 19.1 Å². The van der Waals surface area contributed by atoms with Crippen LogP contribution in [0.5, 0.6) is 0 Å². The maximum atomic E-state index is 13.3. The van der Waals surface area contributed by atoms with E-state index in [0.717, 1.165) is 5.32 Å². The molecule has 0 aliphatic heterocycles. The fraction of sp³-hybridized carbons (Fsp3) is 0.500. The molecule has 1 heterocycles. The predicted molar refractivity (Wildman–Crippen MR) is 85.2 cm³/mol. The van der Waals surface area contributed by atoms with Crippen molar-refractivity contribution in [2.45, 2.75) is 38.8 Å². The van der Waals surface area contributed by atoms with Crippen molar-refractivity contribution in [3.05, 3.63) is 23.9 Å². The number of pyridine rings is 1. The average Bonchev–Trinajstić information content (AvgIpc) is 2.48. The van der Waals surface area contributed by atoms with Crippen molar-refractivity contribution in [1.82, 2.24) is 10.3 Å². The summed E-state index contributed by atoms with van der Waals surface area (Å²) in [6.07, 6.45) is -12.2. The molecule has 0 radical (unpaired) electrons. The number of rotatable bonds is 5. The average molecular weight is 421 g/mol. The van der Waals surface area contributed by atoms with Crippen LogP contribution in [0, 0.1) is 12.8 Å². The fourth-order valence-corrected chi connectivity index (χ4v) is 1.60. The third kappa shape index (κ3) is 5.62. The molecular formula is C14H15ClF6N4O2. The van der Waals surface area contributed by atoms with Crippen LogP contribution in [0.25, 0.3) is 0 Å². The number of aromatic nitrogens is 1. The predicted octanol–water partition coefficient (Wildman–Crippen LogP) is 4.56. The van der Waals surface area contributed by atoms with Crippen LogP contribution in [0.4, 0.5) is 37.0 Å². The second-order valence-electron chi connectivity index (χ2n) is 5.58. The highest BCUT2D eigenvalue weighted by molar-refractivity contribution is 6.65. The highest BCUT2D eigenvalue weighted by Gasteiger charge is 2.76. The van der Waals surface area contributed by atoms with Gasteiger partial charge >= 0.3 is 24.1 Å². The van der Waals surface area contributed by atoms with Crippen molar-refractivity contribution in [3.8, 4) is 0 Å². The lowest BCUT2D eigenvalue weighted by Gasteiger charge is -2.34. The van der Waals surface area contributed by atoms with E-state index in [1.165, 1.54) is 39.0 Å². The summed E-state index contributed by atoms with van der Waals surface area (Å²) >= 11 is 5.46. The zero-order chi connectivity index (χ0) is 21.0. The summed E-state index contributed by atoms with van der Waals surface area (Å²) in [7, 11) is 0. The van der Waals surface area contributed by atoms with Gasteiger partial charge in [-0.3, -0.25) is 10.6 Å². The van der Waals surface area contributed by atoms with Crippen molar-refractivity contribution in [2.24, 2.45) is 11.1 Å². The Bertz CT molecular complexity index is 692. The number of nitrogens with one attached hydrogen (secondary N) is 2. The lowest BCUT2D eigenvalue weighted by Crippen LogP contribution is -2.69. The molecule has 0 atom stereocenters. The number of amides is 2. The molecule has 0 aliphatic rings. The maximum absolute atomic E-state index is 13.3. The van der Waals surface area contributed by atoms with Gasteiger partial charge < -0.3 is 4.84 Å². The van der Waals surface area contributed by atoms with Crippen molar-refractivity contribution in [3.63, 3.8) is 0 Å². The summed E-state index contributed by atoms with van der Waals surface area (Å²) in [5.41, 5.74) is -4.75. The zero-order valence-electron chi connectivity index (χ0n) is 14.2. The number of hydrogen-bond donors (Lipinski definition) is 2. The third-order valence-corrected chi connectivity index (χ3v) is 3.47. The molecule has 0 fully saturated rings. The molecule has 0 saturated heterocycles. The van der Waals surface area contributed by atoms with E-state index in [4.69, 9.17) is 11.6 Å². The van der Waals surface area contributed by atoms with Crippen molar-refractivity contribution < 1.29 is 36.0 Å². The van der Waals surface area contributed by atoms with Crippen LogP contribution in [0.2, 0.25) is 0 Å². The molecule has 0 bridgehead atoms. The van der Waals surface area contributed by atoms with Crippen LogP contribution in [0.15, 0.2) is 23.4 Å². The molecule has 0 aliphatic carbocycles. The number of carbonyl (C=O) groups excluding carboxylic acids is 1. The standard InChI is InChI=1S/C14H15ClF6N4O2/c1-7(2)10(15)25-27-12(13(16,17)18,14(19,20)21)24-11(26)23-9-6-4-5-8(3)22-9/h4-7H,1-3H3,(H2,22,23,24,26). The molecule has 6 nitrogen and oxygen atoms in total. The summed E-state index contributed by atoms with van der Waals surface area (Å²) in [5.74, 6) is -0.981. The Hall–Kier alpha value is -2.24. The number of anilines is 1. The number of urea groups is 1. The lowest BCUT2D eigenvalue weighted by molar-refractivity contribution is -0.388. The van der Waals surface area contributed by atoms with Gasteiger partial charge in [0.25, 0.3) is 0 Å². The Balaban J connectivity index is 3.23. The Morgan fingerprint density at radius 1 is 1.19 bits per heavy atom. The monoisotopic (exact) mass is 420 g/mol. The SMILES string of the molecule is Cc1cccc(NC(=O)NC(ON=C(Cl)C(C)C)(C(F)(F)F)C(F)(F)F)n1. The smallest absolute Gasteiger partial charge is 0.346 e. The summed E-state index contributed by atoms with van der Waals surface area (Å²) in [4.78, 5) is 19.3. The van der Waals surface area contributed by atoms with Crippen molar-refractivity contribution in [2.75, 3.05) is 5.32 Å². The molecular weight excluding hydrogens is 406 g/mol. The number of halogens is 7. The second-order valence-corrected chi connectivity index (χ2v) is 5.97. The Morgan fingerprint density at radius 2 is 1.74 bits per heavy atom. The number of oxime groups is 1. The van der Waals surface area contributed by atoms with E-state index < -0.39 is 35.2 Å². The fourth-order valence-electron chi connectivity index (χ4n) is 1.57. The molecule has 152 valence electrons. The van der Waals surface area contributed by atoms with E-state index in [9.17, 15) is 31.1 Å². The number of nitrogens with zero attached hydrogens (tertiary/aromatic N) is 2. The molecule has 0 unspecified atom stereocenters. The van der Waals surface area contributed by atoms with E-state index in [1.54, 1.807) is 5.32 Å². The largest absolute Gasteiger partial charge is 0.461 e. The first-order chi connectivity index (χ1) is 12.2. The van der Waals surface area contributed by atoms with Gasteiger partial charge in [0.1, 0.15) is 11.0 Å². The van der Waals surface area contributed by atoms with Gasteiger partial charge in [-0.25, -0.2) is 9.78 Å². The van der Waals surface area contributed by atoms with Gasteiger partial charge in [0, 0.05) is 11.6 Å². The summed E-state index contributed by atoms with van der Waals surface area (Å²) in [6, 6.07) is 2.20. The van der Waals surface area contributed by atoms with Crippen LogP contribution < -0.4 is 10.6 Å². The maximum Gasteiger partial charge on any atom is 0.461 e. The minimum absolute atomic E-state index is 0.269. The van der Waals surface area contributed by atoms with Crippen molar-refractivity contribution in [1.29, 1.82) is 0 Å². The topological polar surface area (TPSA) is 75.6 Å². The number of aryl methyl sites for hydroxylation is 1. The number of hydrogen-bond acceptors (Lipinski definition) is 4. The first-order valence-electron chi connectivity index (χ1n) is 7.27. The Kier molecular flexibility index (Phi) is 6.92. The van der Waals surface area contributed by atoms with Crippen LogP contribution >= 0.6 is 11.6 Å². The minimum Gasteiger partial charge on any atom is -0.346 e. The Labute approximate surface area is 154 Å². The molecule has 2 N–H and O–H groups in total. The number of carbonyl (C=O) groups is 1. The molecule has 13 heteroatoms. The van der Waals surface area contributed by atoms with Gasteiger partial charge in [0.2, 0.25) is 0 Å². The van der Waals surface area contributed by atoms with Gasteiger partial charge in [-0.15, -0.1) is 0 Å². The molecule has 2 amide bonds. The normalized spacial score (nSPS) is 13.5. The van der Waals surface area contributed by atoms with Crippen LogP contribution in [-0.4, -0.2) is 34.3 Å². The summed E-state index contributed by atoms with van der Waals surface area (Å²) in [6.45, 7) is 4.23. The second kappa shape index (κ2) is 8.19.